The second-order valence-corrected chi connectivity index (χ2v) is 32.3. The molecular weight excluding hydrogens is 446 g/mol. The largest absolute Gasteiger partial charge is 1.00 e. The number of hydrogen-bond donors (Lipinski definition) is 0. The minimum absolute atomic E-state index is 0. The zero-order valence-electron chi connectivity index (χ0n) is 11.6. The van der Waals surface area contributed by atoms with Crippen LogP contribution in [0.4, 0.5) is 0 Å². The Bertz CT molecular complexity index is 384. The Hall–Kier alpha value is 0.627. The van der Waals surface area contributed by atoms with Crippen LogP contribution in [0.2, 0.25) is 13.1 Å². The summed E-state index contributed by atoms with van der Waals surface area (Å²) >= 11 is -1.55. The van der Waals surface area contributed by atoms with Gasteiger partial charge in [0.05, 0.1) is 0 Å². The molecule has 0 saturated heterocycles. The first-order valence-corrected chi connectivity index (χ1v) is 18.9. The van der Waals surface area contributed by atoms with Crippen LogP contribution in [0, 0.1) is 0 Å². The van der Waals surface area contributed by atoms with Gasteiger partial charge >= 0.3 is 108 Å². The average molecular weight is 467 g/mol. The molecule has 0 amide bonds. The molecule has 0 aliphatic heterocycles. The van der Waals surface area contributed by atoms with Crippen molar-refractivity contribution >= 4 is 5.98 Å². The summed E-state index contributed by atoms with van der Waals surface area (Å²) in [5, 5.41) is 0. The topological polar surface area (TPSA) is 0 Å². The van der Waals surface area contributed by atoms with Crippen LogP contribution < -0.4 is 24.8 Å². The quantitative estimate of drug-likeness (QED) is 0.425. The average Bonchev–Trinajstić information content (AvgIpc) is 2.76. The van der Waals surface area contributed by atoms with Crippen molar-refractivity contribution in [1.29, 1.82) is 0 Å². The predicted molar refractivity (Wildman–Crippen MR) is 71.8 cm³/mol. The predicted octanol–water partition coefficient (Wildman–Crippen LogP) is -1.94. The smallest absolute Gasteiger partial charge is 1.00 e. The normalized spacial score (nSPS) is 17.4. The maximum atomic E-state index is 2.57. The van der Waals surface area contributed by atoms with Crippen LogP contribution in [-0.2, 0) is 20.6 Å². The molecule has 99 valence electrons. The van der Waals surface area contributed by atoms with Crippen molar-refractivity contribution in [3.63, 3.8) is 0 Å². The molecule has 0 N–H and O–H groups in total. The third-order valence-corrected chi connectivity index (χ3v) is 30.5. The Morgan fingerprint density at radius 3 is 1.50 bits per heavy atom. The molecular formula is C14H21Cl2HfSi. The van der Waals surface area contributed by atoms with E-state index in [9.17, 15) is 0 Å². The van der Waals surface area contributed by atoms with Crippen molar-refractivity contribution in [2.45, 2.75) is 39.8 Å². The summed E-state index contributed by atoms with van der Waals surface area (Å²) in [6, 6.07) is 0. The van der Waals surface area contributed by atoms with Crippen LogP contribution in [-0.4, -0.2) is 5.98 Å². The number of halogens is 2. The first-order valence-electron chi connectivity index (χ1n) is 6.20. The monoisotopic (exact) mass is 467 g/mol. The van der Waals surface area contributed by atoms with Gasteiger partial charge in [-0.25, -0.2) is 0 Å². The third-order valence-electron chi connectivity index (χ3n) is 3.36. The molecule has 2 aliphatic rings. The molecule has 0 saturated carbocycles. The molecule has 4 heteroatoms. The van der Waals surface area contributed by atoms with E-state index in [1.165, 1.54) is 24.0 Å². The zero-order valence-corrected chi connectivity index (χ0v) is 17.8. The van der Waals surface area contributed by atoms with Crippen molar-refractivity contribution in [2.75, 3.05) is 0 Å². The van der Waals surface area contributed by atoms with E-state index >= 15 is 0 Å². The molecule has 2 aliphatic carbocycles. The molecule has 0 fully saturated rings. The fourth-order valence-electron chi connectivity index (χ4n) is 2.65. The fraction of sp³-hybridized carbons (Fsp3) is 0.429. The van der Waals surface area contributed by atoms with Gasteiger partial charge in [0.15, 0.2) is 0 Å². The zero-order chi connectivity index (χ0) is 11.7. The number of allylic oxidation sites excluding steroid dienone is 8. The first kappa shape index (κ1) is 18.6. The van der Waals surface area contributed by atoms with Crippen LogP contribution in [0.25, 0.3) is 0 Å². The Morgan fingerprint density at radius 2 is 1.28 bits per heavy atom. The Morgan fingerprint density at radius 1 is 0.889 bits per heavy atom. The van der Waals surface area contributed by atoms with Crippen LogP contribution in [0.3, 0.4) is 0 Å². The van der Waals surface area contributed by atoms with E-state index in [2.05, 4.69) is 51.2 Å². The van der Waals surface area contributed by atoms with E-state index < -0.39 is 26.6 Å². The van der Waals surface area contributed by atoms with Crippen molar-refractivity contribution in [2.24, 2.45) is 0 Å². The molecule has 0 spiro atoms. The first-order chi connectivity index (χ1) is 7.58. The van der Waals surface area contributed by atoms with Gasteiger partial charge in [0, 0.05) is 0 Å². The molecule has 0 aromatic heterocycles. The summed E-state index contributed by atoms with van der Waals surface area (Å²) in [6.45, 7) is 9.66. The molecule has 0 heterocycles. The third kappa shape index (κ3) is 4.33. The summed E-state index contributed by atoms with van der Waals surface area (Å²) in [5.74, 6) is -0.437. The van der Waals surface area contributed by atoms with Gasteiger partial charge in [-0.15, -0.1) is 0 Å². The van der Waals surface area contributed by atoms with Crippen LogP contribution in [0.1, 0.15) is 26.7 Å². The molecule has 0 atom stereocenters. The molecule has 0 radical (unpaired) electrons. The van der Waals surface area contributed by atoms with Gasteiger partial charge in [-0.3, -0.25) is 0 Å². The minimum atomic E-state index is -1.55. The van der Waals surface area contributed by atoms with Crippen molar-refractivity contribution in [3.8, 4) is 0 Å². The summed E-state index contributed by atoms with van der Waals surface area (Å²) in [4.78, 5) is 0. The second-order valence-electron chi connectivity index (χ2n) is 5.21. The van der Waals surface area contributed by atoms with E-state index in [-0.39, 0.29) is 24.8 Å². The Kier molecular flexibility index (Phi) is 8.31. The van der Waals surface area contributed by atoms with Gasteiger partial charge in [-0.1, -0.05) is 0 Å². The van der Waals surface area contributed by atoms with Gasteiger partial charge in [0.1, 0.15) is 0 Å². The maximum Gasteiger partial charge on any atom is -1.00 e. The van der Waals surface area contributed by atoms with Crippen molar-refractivity contribution in [1.82, 2.24) is 0 Å². The van der Waals surface area contributed by atoms with Crippen molar-refractivity contribution in [3.05, 3.63) is 42.1 Å². The number of hydrogen-bond acceptors (Lipinski definition) is 0. The SMILES string of the molecule is CC1=CC[C]([Hf+2]([C]2=CC(C)=CC2)[SiH](C)C)=C1.[Cl-].[Cl-]. The summed E-state index contributed by atoms with van der Waals surface area (Å²) in [6.07, 6.45) is 12.5. The standard InChI is InChI=1S/2C6H7.C2H7Si.2ClH.Hf/c2*1-6-4-2-3-5-6;1-3-2;;;/h2*4-5H,2H2,1H3;3H,1-2H3;2*1H;/q;;;;;+2/p-2. The van der Waals surface area contributed by atoms with Gasteiger partial charge in [0.25, 0.3) is 0 Å². The van der Waals surface area contributed by atoms with Gasteiger partial charge < -0.3 is 24.8 Å². The molecule has 18 heavy (non-hydrogen) atoms. The fourth-order valence-corrected chi connectivity index (χ4v) is 30.0. The Labute approximate surface area is 132 Å². The minimum Gasteiger partial charge on any atom is -1.00 e. The molecule has 2 rings (SSSR count). The van der Waals surface area contributed by atoms with Crippen molar-refractivity contribution < 1.29 is 45.4 Å². The molecule has 0 aromatic carbocycles. The summed E-state index contributed by atoms with van der Waals surface area (Å²) < 4.78 is 3.78. The van der Waals surface area contributed by atoms with Crippen LogP contribution >= 0.6 is 0 Å². The molecule has 0 bridgehead atoms. The van der Waals surface area contributed by atoms with E-state index in [1.54, 1.807) is 0 Å². The maximum absolute atomic E-state index is 2.57. The second kappa shape index (κ2) is 8.03. The van der Waals surface area contributed by atoms with E-state index in [0.717, 1.165) is 0 Å². The van der Waals surface area contributed by atoms with Gasteiger partial charge in [-0.05, 0) is 0 Å². The van der Waals surface area contributed by atoms with E-state index in [4.69, 9.17) is 0 Å². The van der Waals surface area contributed by atoms with Crippen LogP contribution in [0.15, 0.2) is 42.1 Å². The summed E-state index contributed by atoms with van der Waals surface area (Å²) in [7, 11) is 0. The van der Waals surface area contributed by atoms with Gasteiger partial charge in [0.2, 0.25) is 0 Å². The molecule has 0 nitrogen and oxygen atoms in total. The molecule has 0 aromatic rings. The molecule has 0 unspecified atom stereocenters. The van der Waals surface area contributed by atoms with Crippen LogP contribution in [0.5, 0.6) is 0 Å². The van der Waals surface area contributed by atoms with Gasteiger partial charge in [-0.2, -0.15) is 0 Å². The number of rotatable bonds is 3. The van der Waals surface area contributed by atoms with E-state index in [0.29, 0.717) is 0 Å². The Balaban J connectivity index is 0.00000144. The van der Waals surface area contributed by atoms with E-state index in [1.807, 2.05) is 6.66 Å². The summed E-state index contributed by atoms with van der Waals surface area (Å²) in [5.41, 5.74) is 3.02.